The number of sulfonamides is 1. The predicted molar refractivity (Wildman–Crippen MR) is 40.9 cm³/mol. The van der Waals surface area contributed by atoms with Gasteiger partial charge in [-0.1, -0.05) is 13.3 Å². The third kappa shape index (κ3) is 7.87. The normalized spacial score (nSPS) is 11.8. The van der Waals surface area contributed by atoms with Crippen molar-refractivity contribution in [1.82, 2.24) is 5.32 Å². The van der Waals surface area contributed by atoms with E-state index in [1.54, 1.807) is 0 Å². The van der Waals surface area contributed by atoms with Crippen molar-refractivity contribution in [3.05, 3.63) is 0 Å². The van der Waals surface area contributed by atoms with E-state index in [-0.39, 0.29) is 5.88 Å². The number of nitrogens with one attached hydrogen (secondary N) is 1. The minimum absolute atomic E-state index is 0.118. The van der Waals surface area contributed by atoms with Gasteiger partial charge in [0.25, 0.3) is 0 Å². The molecule has 0 aliphatic heterocycles. The number of rotatable bonds is 5. The Hall–Kier alpha value is -0.130. The lowest BCUT2D eigenvalue weighted by Gasteiger charge is -1.99. The van der Waals surface area contributed by atoms with Crippen LogP contribution in [0.1, 0.15) is 19.8 Å². The van der Waals surface area contributed by atoms with E-state index in [0.717, 1.165) is 12.8 Å². The third-order valence-electron chi connectivity index (χ3n) is 1.01. The lowest BCUT2D eigenvalue weighted by Crippen LogP contribution is -2.29. The fourth-order valence-corrected chi connectivity index (χ4v) is 0.945. The van der Waals surface area contributed by atoms with Gasteiger partial charge in [0.2, 0.25) is 10.0 Å². The Morgan fingerprint density at radius 3 is 2.50 bits per heavy atom. The Kier molecular flexibility index (Phi) is 4.59. The first-order chi connectivity index (χ1) is 4.56. The maximum atomic E-state index is 10.3. The molecule has 0 aromatic rings. The highest BCUT2D eigenvalue weighted by Crippen LogP contribution is 1.82. The highest BCUT2D eigenvalue weighted by Gasteiger charge is 1.98. The van der Waals surface area contributed by atoms with E-state index in [4.69, 9.17) is 5.14 Å². The van der Waals surface area contributed by atoms with Gasteiger partial charge in [-0.25, -0.2) is 13.6 Å². The summed E-state index contributed by atoms with van der Waals surface area (Å²) >= 11 is 0. The number of nitrogens with two attached hydrogens (primary N) is 1. The van der Waals surface area contributed by atoms with Crippen LogP contribution in [0.15, 0.2) is 0 Å². The van der Waals surface area contributed by atoms with Crippen molar-refractivity contribution in [1.29, 1.82) is 0 Å². The second-order valence-electron chi connectivity index (χ2n) is 2.16. The first-order valence-electron chi connectivity index (χ1n) is 3.27. The molecule has 0 rings (SSSR count). The van der Waals surface area contributed by atoms with Crippen molar-refractivity contribution >= 4 is 10.0 Å². The first kappa shape index (κ1) is 9.87. The van der Waals surface area contributed by atoms with E-state index in [9.17, 15) is 8.42 Å². The van der Waals surface area contributed by atoms with Gasteiger partial charge in [0.05, 0.1) is 0 Å². The molecule has 5 heteroatoms. The summed E-state index contributed by atoms with van der Waals surface area (Å²) in [6, 6.07) is 0. The van der Waals surface area contributed by atoms with Crippen LogP contribution in [-0.4, -0.2) is 20.8 Å². The summed E-state index contributed by atoms with van der Waals surface area (Å²) in [5, 5.41) is 7.44. The molecule has 0 saturated heterocycles. The molecule has 0 fully saturated rings. The van der Waals surface area contributed by atoms with E-state index in [1.165, 1.54) is 0 Å². The zero-order valence-corrected chi connectivity index (χ0v) is 6.95. The summed E-state index contributed by atoms with van der Waals surface area (Å²) in [7, 11) is -3.32. The third-order valence-corrected chi connectivity index (χ3v) is 1.62. The van der Waals surface area contributed by atoms with Crippen molar-refractivity contribution in [3.8, 4) is 0 Å². The lowest BCUT2D eigenvalue weighted by atomic mass is 10.3. The molecular weight excluding hydrogens is 152 g/mol. The van der Waals surface area contributed by atoms with E-state index in [1.807, 2.05) is 6.92 Å². The standard InChI is InChI=1S/C5H14N2O2S/c1-2-3-4-7-5-10(6,8)9/h7H,2-5H2,1H3,(H2,6,8,9). The quantitative estimate of drug-likeness (QED) is 0.547. The molecule has 0 bridgehead atoms. The van der Waals surface area contributed by atoms with Gasteiger partial charge in [0, 0.05) is 0 Å². The lowest BCUT2D eigenvalue weighted by molar-refractivity contribution is 0.585. The number of primary sulfonamides is 1. The molecule has 0 atom stereocenters. The van der Waals surface area contributed by atoms with Gasteiger partial charge in [-0.2, -0.15) is 0 Å². The Bertz CT molecular complexity index is 164. The van der Waals surface area contributed by atoms with Crippen molar-refractivity contribution in [2.75, 3.05) is 12.4 Å². The van der Waals surface area contributed by atoms with Crippen LogP contribution in [0.4, 0.5) is 0 Å². The fourth-order valence-electron chi connectivity index (χ4n) is 0.516. The van der Waals surface area contributed by atoms with Crippen molar-refractivity contribution < 1.29 is 8.42 Å². The Labute approximate surface area is 61.8 Å². The average Bonchev–Trinajstić information content (AvgIpc) is 1.78. The summed E-state index contributed by atoms with van der Waals surface area (Å²) < 4.78 is 20.6. The van der Waals surface area contributed by atoms with Crippen LogP contribution < -0.4 is 10.5 Å². The summed E-state index contributed by atoms with van der Waals surface area (Å²) in [4.78, 5) is 0. The van der Waals surface area contributed by atoms with E-state index in [2.05, 4.69) is 5.32 Å². The minimum Gasteiger partial charge on any atom is -0.303 e. The van der Waals surface area contributed by atoms with Gasteiger partial charge in [-0.05, 0) is 13.0 Å². The maximum absolute atomic E-state index is 10.3. The molecule has 0 aliphatic rings. The Balaban J connectivity index is 3.21. The molecule has 0 unspecified atom stereocenters. The van der Waals surface area contributed by atoms with Gasteiger partial charge >= 0.3 is 0 Å². The van der Waals surface area contributed by atoms with Gasteiger partial charge in [-0.15, -0.1) is 0 Å². The maximum Gasteiger partial charge on any atom is 0.222 e. The molecule has 10 heavy (non-hydrogen) atoms. The zero-order chi connectivity index (χ0) is 8.04. The van der Waals surface area contributed by atoms with Gasteiger partial charge < -0.3 is 5.32 Å². The number of hydrogen-bond donors (Lipinski definition) is 2. The molecule has 62 valence electrons. The first-order valence-corrected chi connectivity index (χ1v) is 4.99. The molecule has 0 aromatic heterocycles. The monoisotopic (exact) mass is 166 g/mol. The van der Waals surface area contributed by atoms with E-state index >= 15 is 0 Å². The highest BCUT2D eigenvalue weighted by atomic mass is 32.2. The van der Waals surface area contributed by atoms with Crippen LogP contribution >= 0.6 is 0 Å². The van der Waals surface area contributed by atoms with E-state index in [0.29, 0.717) is 6.54 Å². The number of hydrogen-bond acceptors (Lipinski definition) is 3. The smallest absolute Gasteiger partial charge is 0.222 e. The summed E-state index contributed by atoms with van der Waals surface area (Å²) in [6.45, 7) is 2.76. The second-order valence-corrected chi connectivity index (χ2v) is 3.78. The van der Waals surface area contributed by atoms with Crippen molar-refractivity contribution in [3.63, 3.8) is 0 Å². The largest absolute Gasteiger partial charge is 0.303 e. The molecule has 0 heterocycles. The molecule has 0 aromatic carbocycles. The summed E-state index contributed by atoms with van der Waals surface area (Å²) in [5.41, 5.74) is 0. The Morgan fingerprint density at radius 2 is 2.10 bits per heavy atom. The molecule has 0 spiro atoms. The van der Waals surface area contributed by atoms with Gasteiger partial charge in [0.1, 0.15) is 5.88 Å². The molecule has 0 amide bonds. The van der Waals surface area contributed by atoms with Gasteiger partial charge in [0.15, 0.2) is 0 Å². The minimum atomic E-state index is -3.32. The SMILES string of the molecule is CCCCNCS(N)(=O)=O. The average molecular weight is 166 g/mol. The zero-order valence-electron chi connectivity index (χ0n) is 6.13. The molecular formula is C5H14N2O2S. The van der Waals surface area contributed by atoms with Crippen LogP contribution in [0.2, 0.25) is 0 Å². The highest BCUT2D eigenvalue weighted by molar-refractivity contribution is 7.89. The van der Waals surface area contributed by atoms with Crippen molar-refractivity contribution in [2.24, 2.45) is 5.14 Å². The van der Waals surface area contributed by atoms with Crippen LogP contribution in [0.5, 0.6) is 0 Å². The molecule has 0 aliphatic carbocycles. The van der Waals surface area contributed by atoms with Crippen LogP contribution in [0.25, 0.3) is 0 Å². The fraction of sp³-hybridized carbons (Fsp3) is 1.00. The van der Waals surface area contributed by atoms with Gasteiger partial charge in [-0.3, -0.25) is 0 Å². The Morgan fingerprint density at radius 1 is 1.50 bits per heavy atom. The predicted octanol–water partition coefficient (Wildman–Crippen LogP) is -0.378. The van der Waals surface area contributed by atoms with Crippen LogP contribution in [0, 0.1) is 0 Å². The number of unbranched alkanes of at least 4 members (excludes halogenated alkanes) is 1. The molecule has 0 radical (unpaired) electrons. The van der Waals surface area contributed by atoms with Crippen LogP contribution in [0.3, 0.4) is 0 Å². The van der Waals surface area contributed by atoms with Crippen LogP contribution in [-0.2, 0) is 10.0 Å². The topological polar surface area (TPSA) is 72.2 Å². The summed E-state index contributed by atoms with van der Waals surface area (Å²) in [5.74, 6) is -0.118. The van der Waals surface area contributed by atoms with E-state index < -0.39 is 10.0 Å². The second kappa shape index (κ2) is 4.65. The summed E-state index contributed by atoms with van der Waals surface area (Å²) in [6.07, 6.45) is 2.03. The molecule has 0 saturated carbocycles. The molecule has 3 N–H and O–H groups in total. The molecule has 4 nitrogen and oxygen atoms in total. The van der Waals surface area contributed by atoms with Crippen molar-refractivity contribution in [2.45, 2.75) is 19.8 Å².